The van der Waals surface area contributed by atoms with Gasteiger partial charge in [0.1, 0.15) is 5.69 Å². The van der Waals surface area contributed by atoms with Crippen LogP contribution in [0.5, 0.6) is 0 Å². The lowest BCUT2D eigenvalue weighted by atomic mass is 9.97. The molecule has 1 unspecified atom stereocenters. The van der Waals surface area contributed by atoms with E-state index in [1.165, 1.54) is 6.20 Å². The van der Waals surface area contributed by atoms with Crippen molar-refractivity contribution >= 4 is 11.8 Å². The van der Waals surface area contributed by atoms with E-state index in [1.807, 2.05) is 25.1 Å². The Bertz CT molecular complexity index is 748. The fourth-order valence-corrected chi connectivity index (χ4v) is 3.04. The van der Waals surface area contributed by atoms with Gasteiger partial charge in [-0.3, -0.25) is 19.6 Å². The van der Waals surface area contributed by atoms with E-state index in [4.69, 9.17) is 0 Å². The van der Waals surface area contributed by atoms with Crippen LogP contribution in [0, 0.1) is 12.8 Å². The van der Waals surface area contributed by atoms with Gasteiger partial charge >= 0.3 is 0 Å². The number of nitrogens with zero attached hydrogens (tertiary/aromatic N) is 4. The highest BCUT2D eigenvalue weighted by Crippen LogP contribution is 2.18. The van der Waals surface area contributed by atoms with Gasteiger partial charge in [0, 0.05) is 44.1 Å². The van der Waals surface area contributed by atoms with Crippen LogP contribution in [0.2, 0.25) is 0 Å². The molecule has 3 rings (SSSR count). The molecule has 1 N–H and O–H groups in total. The second kappa shape index (κ2) is 8.51. The Morgan fingerprint density at radius 1 is 1.23 bits per heavy atom. The Hall–Kier alpha value is -2.83. The first-order valence-corrected chi connectivity index (χ1v) is 8.89. The summed E-state index contributed by atoms with van der Waals surface area (Å²) in [5, 5.41) is 2.96. The maximum atomic E-state index is 12.6. The highest BCUT2D eigenvalue weighted by Gasteiger charge is 2.29. The van der Waals surface area contributed by atoms with Crippen molar-refractivity contribution in [2.75, 3.05) is 19.6 Å². The first kappa shape index (κ1) is 18.0. The van der Waals surface area contributed by atoms with E-state index in [0.717, 1.165) is 24.2 Å². The number of carbonyl (C=O) groups excluding carboxylic acids is 2. The minimum absolute atomic E-state index is 0.00609. The Morgan fingerprint density at radius 2 is 2.12 bits per heavy atom. The molecule has 0 aromatic carbocycles. The molecule has 0 aliphatic carbocycles. The Kier molecular flexibility index (Phi) is 5.88. The van der Waals surface area contributed by atoms with Gasteiger partial charge in [-0.25, -0.2) is 4.98 Å². The topological polar surface area (TPSA) is 88.1 Å². The van der Waals surface area contributed by atoms with Crippen LogP contribution in [-0.4, -0.2) is 51.3 Å². The summed E-state index contributed by atoms with van der Waals surface area (Å²) >= 11 is 0. The van der Waals surface area contributed by atoms with Crippen LogP contribution in [0.1, 0.15) is 34.7 Å². The van der Waals surface area contributed by atoms with Crippen LogP contribution >= 0.6 is 0 Å². The van der Waals surface area contributed by atoms with Crippen molar-refractivity contribution in [3.05, 3.63) is 53.9 Å². The molecule has 7 nitrogen and oxygen atoms in total. The van der Waals surface area contributed by atoms with Gasteiger partial charge < -0.3 is 10.2 Å². The third-order valence-corrected chi connectivity index (χ3v) is 4.49. The molecular formula is C19H23N5O2. The second-order valence-corrected chi connectivity index (χ2v) is 6.50. The van der Waals surface area contributed by atoms with E-state index in [9.17, 15) is 9.59 Å². The number of aryl methyl sites for hydroxylation is 1. The summed E-state index contributed by atoms with van der Waals surface area (Å²) in [7, 11) is 0. The molecule has 2 amide bonds. The molecule has 7 heteroatoms. The highest BCUT2D eigenvalue weighted by molar-refractivity contribution is 5.92. The number of rotatable bonds is 5. The fraction of sp³-hybridized carbons (Fsp3) is 0.421. The van der Waals surface area contributed by atoms with Crippen molar-refractivity contribution in [2.45, 2.75) is 26.2 Å². The van der Waals surface area contributed by atoms with E-state index in [0.29, 0.717) is 31.7 Å². The predicted octanol–water partition coefficient (Wildman–Crippen LogP) is 1.39. The van der Waals surface area contributed by atoms with Crippen LogP contribution in [-0.2, 0) is 11.2 Å². The standard InChI is InChI=1S/C19H23N5O2/c1-14-11-23-17(12-22-14)19(26)24-10-4-5-15(13-24)18(25)21-9-7-16-6-2-3-8-20-16/h2-3,6,8,11-12,15H,4-5,7,9-10,13H2,1H3,(H,21,25). The number of hydrogen-bond donors (Lipinski definition) is 1. The van der Waals surface area contributed by atoms with Crippen LogP contribution in [0.3, 0.4) is 0 Å². The normalized spacial score (nSPS) is 17.0. The minimum Gasteiger partial charge on any atom is -0.355 e. The van der Waals surface area contributed by atoms with E-state index >= 15 is 0 Å². The lowest BCUT2D eigenvalue weighted by Gasteiger charge is -2.31. The molecule has 1 fully saturated rings. The SMILES string of the molecule is Cc1cnc(C(=O)N2CCCC(C(=O)NCCc3ccccn3)C2)cn1. The summed E-state index contributed by atoms with van der Waals surface area (Å²) in [5.41, 5.74) is 2.04. The minimum atomic E-state index is -0.185. The van der Waals surface area contributed by atoms with E-state index in [-0.39, 0.29) is 17.7 Å². The summed E-state index contributed by atoms with van der Waals surface area (Å²) in [4.78, 5) is 39.2. The number of aromatic nitrogens is 3. The quantitative estimate of drug-likeness (QED) is 0.878. The predicted molar refractivity (Wildman–Crippen MR) is 96.3 cm³/mol. The van der Waals surface area contributed by atoms with Gasteiger partial charge in [0.2, 0.25) is 5.91 Å². The van der Waals surface area contributed by atoms with E-state index < -0.39 is 0 Å². The van der Waals surface area contributed by atoms with Crippen LogP contribution in [0.4, 0.5) is 0 Å². The number of likely N-dealkylation sites (tertiary alicyclic amines) is 1. The zero-order valence-electron chi connectivity index (χ0n) is 14.9. The molecule has 0 spiro atoms. The molecule has 3 heterocycles. The van der Waals surface area contributed by atoms with Gasteiger partial charge in [-0.05, 0) is 31.9 Å². The molecule has 136 valence electrons. The summed E-state index contributed by atoms with van der Waals surface area (Å²) in [6, 6.07) is 5.74. The lowest BCUT2D eigenvalue weighted by molar-refractivity contribution is -0.126. The number of pyridine rings is 1. The number of hydrogen-bond acceptors (Lipinski definition) is 5. The second-order valence-electron chi connectivity index (χ2n) is 6.50. The Labute approximate surface area is 152 Å². The highest BCUT2D eigenvalue weighted by atomic mass is 16.2. The van der Waals surface area contributed by atoms with E-state index in [2.05, 4.69) is 20.3 Å². The van der Waals surface area contributed by atoms with Crippen molar-refractivity contribution in [1.29, 1.82) is 0 Å². The largest absolute Gasteiger partial charge is 0.355 e. The first-order valence-electron chi connectivity index (χ1n) is 8.89. The lowest BCUT2D eigenvalue weighted by Crippen LogP contribution is -2.46. The van der Waals surface area contributed by atoms with Gasteiger partial charge in [-0.1, -0.05) is 6.07 Å². The zero-order chi connectivity index (χ0) is 18.4. The Balaban J connectivity index is 1.51. The van der Waals surface area contributed by atoms with Gasteiger partial charge in [0.15, 0.2) is 0 Å². The maximum absolute atomic E-state index is 12.6. The molecule has 2 aromatic rings. The zero-order valence-corrected chi connectivity index (χ0v) is 14.9. The third kappa shape index (κ3) is 4.62. The number of piperidine rings is 1. The Morgan fingerprint density at radius 3 is 2.85 bits per heavy atom. The first-order chi connectivity index (χ1) is 12.6. The van der Waals surface area contributed by atoms with Gasteiger partial charge in [0.05, 0.1) is 17.8 Å². The molecule has 26 heavy (non-hydrogen) atoms. The van der Waals surface area contributed by atoms with Crippen molar-refractivity contribution in [3.63, 3.8) is 0 Å². The molecule has 0 saturated carbocycles. The van der Waals surface area contributed by atoms with Gasteiger partial charge in [0.25, 0.3) is 5.91 Å². The molecule has 1 saturated heterocycles. The van der Waals surface area contributed by atoms with Crippen molar-refractivity contribution < 1.29 is 9.59 Å². The van der Waals surface area contributed by atoms with Gasteiger partial charge in [-0.15, -0.1) is 0 Å². The molecule has 1 aliphatic rings. The summed E-state index contributed by atoms with van der Waals surface area (Å²) in [5.74, 6) is -0.355. The molecule has 0 radical (unpaired) electrons. The number of nitrogens with one attached hydrogen (secondary N) is 1. The molecule has 0 bridgehead atoms. The maximum Gasteiger partial charge on any atom is 0.274 e. The molecular weight excluding hydrogens is 330 g/mol. The summed E-state index contributed by atoms with van der Waals surface area (Å²) in [6.07, 6.45) is 7.12. The van der Waals surface area contributed by atoms with Crippen molar-refractivity contribution in [3.8, 4) is 0 Å². The third-order valence-electron chi connectivity index (χ3n) is 4.49. The monoisotopic (exact) mass is 353 g/mol. The summed E-state index contributed by atoms with van der Waals surface area (Å²) < 4.78 is 0. The van der Waals surface area contributed by atoms with Crippen LogP contribution in [0.25, 0.3) is 0 Å². The fourth-order valence-electron chi connectivity index (χ4n) is 3.04. The van der Waals surface area contributed by atoms with Gasteiger partial charge in [-0.2, -0.15) is 0 Å². The molecule has 2 aromatic heterocycles. The molecule has 1 atom stereocenters. The van der Waals surface area contributed by atoms with Crippen molar-refractivity contribution in [2.24, 2.45) is 5.92 Å². The number of amides is 2. The molecule has 1 aliphatic heterocycles. The van der Waals surface area contributed by atoms with Crippen LogP contribution in [0.15, 0.2) is 36.8 Å². The van der Waals surface area contributed by atoms with E-state index in [1.54, 1.807) is 17.3 Å². The van der Waals surface area contributed by atoms with Crippen LogP contribution < -0.4 is 5.32 Å². The summed E-state index contributed by atoms with van der Waals surface area (Å²) in [6.45, 7) is 3.44. The smallest absolute Gasteiger partial charge is 0.274 e. The van der Waals surface area contributed by atoms with Crippen molar-refractivity contribution in [1.82, 2.24) is 25.2 Å². The average Bonchev–Trinajstić information content (AvgIpc) is 2.69. The average molecular weight is 353 g/mol. The number of carbonyl (C=O) groups is 2.